The lowest BCUT2D eigenvalue weighted by Gasteiger charge is -2.26. The fourth-order valence-electron chi connectivity index (χ4n) is 1.15. The van der Waals surface area contributed by atoms with Crippen molar-refractivity contribution in [3.8, 4) is 0 Å². The van der Waals surface area contributed by atoms with Crippen LogP contribution < -0.4 is 0 Å². The van der Waals surface area contributed by atoms with E-state index < -0.39 is 5.41 Å². The summed E-state index contributed by atoms with van der Waals surface area (Å²) in [6.07, 6.45) is 3.26. The number of aldehydes is 2. The Morgan fingerprint density at radius 1 is 1.36 bits per heavy atom. The highest BCUT2D eigenvalue weighted by Crippen LogP contribution is 2.29. The molecule has 0 aliphatic rings. The van der Waals surface area contributed by atoms with Crippen molar-refractivity contribution in [1.29, 1.82) is 0 Å². The molecule has 0 radical (unpaired) electrons. The van der Waals surface area contributed by atoms with Crippen LogP contribution in [0.15, 0.2) is 0 Å². The Labute approximate surface area is 68.0 Å². The predicted octanol–water partition coefficient (Wildman–Crippen LogP) is 1.83. The molecule has 0 aromatic carbocycles. The fraction of sp³-hybridized carbons (Fsp3) is 0.778. The summed E-state index contributed by atoms with van der Waals surface area (Å²) < 4.78 is 0. The van der Waals surface area contributed by atoms with Gasteiger partial charge in [-0.2, -0.15) is 0 Å². The van der Waals surface area contributed by atoms with E-state index in [2.05, 4.69) is 0 Å². The van der Waals surface area contributed by atoms with Gasteiger partial charge in [0, 0.05) is 11.3 Å². The van der Waals surface area contributed by atoms with Crippen molar-refractivity contribution in [1.82, 2.24) is 0 Å². The first-order chi connectivity index (χ1) is 5.14. The second-order valence-corrected chi connectivity index (χ2v) is 3.13. The molecule has 0 heterocycles. The van der Waals surface area contributed by atoms with Crippen LogP contribution in [0.1, 0.15) is 33.6 Å². The molecule has 0 fully saturated rings. The van der Waals surface area contributed by atoms with Crippen molar-refractivity contribution in [3.05, 3.63) is 0 Å². The fourth-order valence-corrected chi connectivity index (χ4v) is 1.15. The Balaban J connectivity index is 4.43. The van der Waals surface area contributed by atoms with Crippen LogP contribution in [0.5, 0.6) is 0 Å². The van der Waals surface area contributed by atoms with E-state index in [1.807, 2.05) is 20.8 Å². The van der Waals surface area contributed by atoms with Crippen LogP contribution >= 0.6 is 0 Å². The van der Waals surface area contributed by atoms with Gasteiger partial charge in [0.05, 0.1) is 0 Å². The third-order valence-corrected chi connectivity index (χ3v) is 2.48. The quantitative estimate of drug-likeness (QED) is 0.569. The summed E-state index contributed by atoms with van der Waals surface area (Å²) in [6.45, 7) is 5.69. The van der Waals surface area contributed by atoms with Gasteiger partial charge in [0.25, 0.3) is 0 Å². The summed E-state index contributed by atoms with van der Waals surface area (Å²) in [7, 11) is 0. The normalized spacial score (nSPS) is 18.5. The first-order valence-corrected chi connectivity index (χ1v) is 4.06. The van der Waals surface area contributed by atoms with E-state index in [-0.39, 0.29) is 5.92 Å². The molecule has 0 aromatic heterocycles. The van der Waals surface area contributed by atoms with Gasteiger partial charge in [0.1, 0.15) is 12.6 Å². The highest BCUT2D eigenvalue weighted by Gasteiger charge is 2.30. The van der Waals surface area contributed by atoms with E-state index in [0.29, 0.717) is 0 Å². The molecular weight excluding hydrogens is 140 g/mol. The van der Waals surface area contributed by atoms with Crippen molar-refractivity contribution >= 4 is 12.6 Å². The molecule has 2 heteroatoms. The van der Waals surface area contributed by atoms with Crippen LogP contribution in [0.4, 0.5) is 0 Å². The molecule has 0 saturated carbocycles. The Bertz CT molecular complexity index is 142. The second-order valence-electron chi connectivity index (χ2n) is 3.13. The minimum absolute atomic E-state index is 0.120. The molecule has 2 unspecified atom stereocenters. The largest absolute Gasteiger partial charge is 0.303 e. The highest BCUT2D eigenvalue weighted by atomic mass is 16.1. The van der Waals surface area contributed by atoms with Crippen LogP contribution in [0.3, 0.4) is 0 Å². The molecule has 0 N–H and O–H groups in total. The van der Waals surface area contributed by atoms with E-state index in [9.17, 15) is 9.59 Å². The van der Waals surface area contributed by atoms with Gasteiger partial charge in [-0.1, -0.05) is 20.8 Å². The van der Waals surface area contributed by atoms with Crippen LogP contribution in [0, 0.1) is 11.3 Å². The topological polar surface area (TPSA) is 34.1 Å². The second kappa shape index (κ2) is 4.27. The standard InChI is InChI=1S/C9H16O2/c1-4-8(6-10)9(3,5-2)7-11/h6-8H,4-5H2,1-3H3. The van der Waals surface area contributed by atoms with Gasteiger partial charge in [-0.25, -0.2) is 0 Å². The maximum Gasteiger partial charge on any atom is 0.126 e. The minimum atomic E-state index is -0.448. The molecule has 2 atom stereocenters. The Morgan fingerprint density at radius 3 is 2.00 bits per heavy atom. The maximum atomic E-state index is 10.7. The molecule has 64 valence electrons. The van der Waals surface area contributed by atoms with E-state index >= 15 is 0 Å². The van der Waals surface area contributed by atoms with Crippen LogP contribution in [-0.4, -0.2) is 12.6 Å². The van der Waals surface area contributed by atoms with Gasteiger partial charge in [0.2, 0.25) is 0 Å². The molecule has 0 spiro atoms. The van der Waals surface area contributed by atoms with Gasteiger partial charge in [0.15, 0.2) is 0 Å². The third kappa shape index (κ3) is 2.14. The number of carbonyl (C=O) groups is 2. The summed E-state index contributed by atoms with van der Waals surface area (Å²) in [5.74, 6) is -0.120. The van der Waals surface area contributed by atoms with Gasteiger partial charge < -0.3 is 9.59 Å². The van der Waals surface area contributed by atoms with Crippen molar-refractivity contribution in [2.45, 2.75) is 33.6 Å². The molecule has 0 amide bonds. The first kappa shape index (κ1) is 10.3. The lowest BCUT2D eigenvalue weighted by atomic mass is 9.76. The molecule has 0 rings (SSSR count). The van der Waals surface area contributed by atoms with Gasteiger partial charge in [-0.15, -0.1) is 0 Å². The molecule has 0 aliphatic carbocycles. The number of rotatable bonds is 5. The zero-order valence-corrected chi connectivity index (χ0v) is 7.46. The smallest absolute Gasteiger partial charge is 0.126 e. The molecule has 2 nitrogen and oxygen atoms in total. The summed E-state index contributed by atoms with van der Waals surface area (Å²) >= 11 is 0. The molecular formula is C9H16O2. The van der Waals surface area contributed by atoms with Crippen molar-refractivity contribution in [2.75, 3.05) is 0 Å². The Kier molecular flexibility index (Phi) is 4.01. The zero-order chi connectivity index (χ0) is 8.91. The minimum Gasteiger partial charge on any atom is -0.303 e. The van der Waals surface area contributed by atoms with E-state index in [4.69, 9.17) is 0 Å². The van der Waals surface area contributed by atoms with Gasteiger partial charge in [-0.3, -0.25) is 0 Å². The molecule has 11 heavy (non-hydrogen) atoms. The average Bonchev–Trinajstić information content (AvgIpc) is 2.06. The predicted molar refractivity (Wildman–Crippen MR) is 44.3 cm³/mol. The average molecular weight is 156 g/mol. The maximum absolute atomic E-state index is 10.7. The lowest BCUT2D eigenvalue weighted by molar-refractivity contribution is -0.125. The van der Waals surface area contributed by atoms with Crippen LogP contribution in [-0.2, 0) is 9.59 Å². The molecule has 0 aliphatic heterocycles. The van der Waals surface area contributed by atoms with Crippen molar-refractivity contribution in [2.24, 2.45) is 11.3 Å². The van der Waals surface area contributed by atoms with E-state index in [0.717, 1.165) is 25.4 Å². The Morgan fingerprint density at radius 2 is 1.91 bits per heavy atom. The molecule has 0 aromatic rings. The summed E-state index contributed by atoms with van der Waals surface area (Å²) in [4.78, 5) is 21.2. The summed E-state index contributed by atoms with van der Waals surface area (Å²) in [5, 5.41) is 0. The van der Waals surface area contributed by atoms with E-state index in [1.165, 1.54) is 0 Å². The highest BCUT2D eigenvalue weighted by molar-refractivity contribution is 5.68. The summed E-state index contributed by atoms with van der Waals surface area (Å²) in [6, 6.07) is 0. The number of hydrogen-bond donors (Lipinski definition) is 0. The van der Waals surface area contributed by atoms with Crippen molar-refractivity contribution in [3.63, 3.8) is 0 Å². The third-order valence-electron chi connectivity index (χ3n) is 2.48. The zero-order valence-electron chi connectivity index (χ0n) is 7.46. The monoisotopic (exact) mass is 156 g/mol. The number of hydrogen-bond acceptors (Lipinski definition) is 2. The van der Waals surface area contributed by atoms with Gasteiger partial charge >= 0.3 is 0 Å². The van der Waals surface area contributed by atoms with Crippen molar-refractivity contribution < 1.29 is 9.59 Å². The molecule has 0 saturated heterocycles. The van der Waals surface area contributed by atoms with Crippen LogP contribution in [0.2, 0.25) is 0 Å². The lowest BCUT2D eigenvalue weighted by Crippen LogP contribution is -2.28. The van der Waals surface area contributed by atoms with Gasteiger partial charge in [-0.05, 0) is 12.8 Å². The van der Waals surface area contributed by atoms with Crippen LogP contribution in [0.25, 0.3) is 0 Å². The Hall–Kier alpha value is -0.660. The van der Waals surface area contributed by atoms with E-state index in [1.54, 1.807) is 0 Å². The number of carbonyl (C=O) groups excluding carboxylic acids is 2. The SMILES string of the molecule is CCC(C=O)C(C)(C=O)CC. The molecule has 0 bridgehead atoms. The summed E-state index contributed by atoms with van der Waals surface area (Å²) in [5.41, 5.74) is -0.448. The first-order valence-electron chi connectivity index (χ1n) is 4.06.